The summed E-state index contributed by atoms with van der Waals surface area (Å²) < 4.78 is 0. The van der Waals surface area contributed by atoms with E-state index in [-0.39, 0.29) is 11.9 Å². The van der Waals surface area contributed by atoms with Crippen molar-refractivity contribution < 1.29 is 4.79 Å². The summed E-state index contributed by atoms with van der Waals surface area (Å²) in [6.07, 6.45) is 10.9. The fourth-order valence-electron chi connectivity index (χ4n) is 3.19. The molecule has 1 saturated carbocycles. The summed E-state index contributed by atoms with van der Waals surface area (Å²) in [6, 6.07) is 0.487. The van der Waals surface area contributed by atoms with Crippen molar-refractivity contribution in [2.75, 3.05) is 6.54 Å². The average Bonchev–Trinajstić information content (AvgIpc) is 2.72. The smallest absolute Gasteiger partial charge is 0.237 e. The van der Waals surface area contributed by atoms with E-state index in [1.54, 1.807) is 0 Å². The molecule has 2 rings (SSSR count). The Bertz CT molecular complexity index is 259. The number of amides is 1. The highest BCUT2D eigenvalue weighted by Crippen LogP contribution is 2.22. The summed E-state index contributed by atoms with van der Waals surface area (Å²) in [7, 11) is 0. The fourth-order valence-corrected chi connectivity index (χ4v) is 3.19. The van der Waals surface area contributed by atoms with Crippen molar-refractivity contribution >= 4 is 5.91 Å². The van der Waals surface area contributed by atoms with E-state index in [2.05, 4.69) is 17.6 Å². The Labute approximate surface area is 111 Å². The van der Waals surface area contributed by atoms with Gasteiger partial charge in [-0.3, -0.25) is 4.79 Å². The monoisotopic (exact) mass is 252 g/mol. The molecular weight excluding hydrogens is 224 g/mol. The van der Waals surface area contributed by atoms with Crippen molar-refractivity contribution in [3.63, 3.8) is 0 Å². The standard InChI is InChI=1S/C15H28N2O/c1-12-6-5-7-13(10-9-12)17-15(18)14-8-3-2-4-11-16-14/h12-14,16H,2-11H2,1H3,(H,17,18). The second kappa shape index (κ2) is 7.13. The minimum Gasteiger partial charge on any atom is -0.352 e. The molecule has 0 bridgehead atoms. The van der Waals surface area contributed by atoms with Crippen molar-refractivity contribution in [3.05, 3.63) is 0 Å². The van der Waals surface area contributed by atoms with Crippen LogP contribution in [0.1, 0.15) is 64.7 Å². The third-order valence-electron chi connectivity index (χ3n) is 4.48. The molecule has 1 aliphatic heterocycles. The van der Waals surface area contributed by atoms with E-state index in [1.807, 2.05) is 0 Å². The van der Waals surface area contributed by atoms with Crippen LogP contribution in [0.25, 0.3) is 0 Å². The SMILES string of the molecule is CC1CCCC(NC(=O)C2CCCCCN2)CC1. The van der Waals surface area contributed by atoms with Gasteiger partial charge in [0, 0.05) is 6.04 Å². The Balaban J connectivity index is 1.78. The molecule has 18 heavy (non-hydrogen) atoms. The van der Waals surface area contributed by atoms with Gasteiger partial charge >= 0.3 is 0 Å². The van der Waals surface area contributed by atoms with E-state index in [9.17, 15) is 4.79 Å². The highest BCUT2D eigenvalue weighted by Gasteiger charge is 2.23. The molecule has 1 saturated heterocycles. The molecule has 3 heteroatoms. The molecular formula is C15H28N2O. The maximum absolute atomic E-state index is 12.2. The van der Waals surface area contributed by atoms with Crippen LogP contribution >= 0.6 is 0 Å². The highest BCUT2D eigenvalue weighted by molar-refractivity contribution is 5.82. The van der Waals surface area contributed by atoms with E-state index < -0.39 is 0 Å². The van der Waals surface area contributed by atoms with Gasteiger partial charge in [0.1, 0.15) is 0 Å². The molecule has 1 heterocycles. The number of rotatable bonds is 2. The van der Waals surface area contributed by atoms with Crippen LogP contribution in [0.15, 0.2) is 0 Å². The first kappa shape index (κ1) is 13.9. The first-order valence-electron chi connectivity index (χ1n) is 7.79. The van der Waals surface area contributed by atoms with E-state index in [1.165, 1.54) is 51.4 Å². The average molecular weight is 252 g/mol. The van der Waals surface area contributed by atoms with Gasteiger partial charge in [-0.15, -0.1) is 0 Å². The first-order valence-corrected chi connectivity index (χ1v) is 7.79. The van der Waals surface area contributed by atoms with Crippen LogP contribution in [0.3, 0.4) is 0 Å². The molecule has 0 spiro atoms. The summed E-state index contributed by atoms with van der Waals surface area (Å²) in [5.41, 5.74) is 0. The Hall–Kier alpha value is -0.570. The number of hydrogen-bond acceptors (Lipinski definition) is 2. The fraction of sp³-hybridized carbons (Fsp3) is 0.933. The van der Waals surface area contributed by atoms with Gasteiger partial charge < -0.3 is 10.6 Å². The molecule has 0 radical (unpaired) electrons. The maximum atomic E-state index is 12.2. The number of carbonyl (C=O) groups excluding carboxylic acids is 1. The molecule has 0 aromatic rings. The molecule has 0 aromatic heterocycles. The molecule has 3 atom stereocenters. The third kappa shape index (κ3) is 4.27. The van der Waals surface area contributed by atoms with Crippen LogP contribution in [0.4, 0.5) is 0 Å². The van der Waals surface area contributed by atoms with E-state index in [4.69, 9.17) is 0 Å². The lowest BCUT2D eigenvalue weighted by molar-refractivity contribution is -0.124. The van der Waals surface area contributed by atoms with Crippen molar-refractivity contribution in [3.8, 4) is 0 Å². The zero-order valence-electron chi connectivity index (χ0n) is 11.7. The Morgan fingerprint density at radius 2 is 1.89 bits per heavy atom. The van der Waals surface area contributed by atoms with Crippen LogP contribution < -0.4 is 10.6 Å². The molecule has 3 nitrogen and oxygen atoms in total. The van der Waals surface area contributed by atoms with Crippen molar-refractivity contribution in [2.24, 2.45) is 5.92 Å². The van der Waals surface area contributed by atoms with Crippen LogP contribution in [0.2, 0.25) is 0 Å². The number of hydrogen-bond donors (Lipinski definition) is 2. The van der Waals surface area contributed by atoms with Crippen LogP contribution in [-0.4, -0.2) is 24.5 Å². The first-order chi connectivity index (χ1) is 8.75. The Morgan fingerprint density at radius 1 is 1.00 bits per heavy atom. The largest absolute Gasteiger partial charge is 0.352 e. The molecule has 0 aromatic carbocycles. The normalized spacial score (nSPS) is 34.4. The van der Waals surface area contributed by atoms with Crippen molar-refractivity contribution in [2.45, 2.75) is 76.8 Å². The van der Waals surface area contributed by atoms with Crippen LogP contribution in [-0.2, 0) is 4.79 Å². The van der Waals surface area contributed by atoms with Gasteiger partial charge in [-0.05, 0) is 44.6 Å². The van der Waals surface area contributed by atoms with Crippen LogP contribution in [0, 0.1) is 5.92 Å². The number of carbonyl (C=O) groups is 1. The third-order valence-corrected chi connectivity index (χ3v) is 4.48. The summed E-state index contributed by atoms with van der Waals surface area (Å²) >= 11 is 0. The summed E-state index contributed by atoms with van der Waals surface area (Å²) in [5.74, 6) is 1.08. The quantitative estimate of drug-likeness (QED) is 0.742. The molecule has 2 aliphatic rings. The maximum Gasteiger partial charge on any atom is 0.237 e. The lowest BCUT2D eigenvalue weighted by atomic mass is 10.0. The van der Waals surface area contributed by atoms with Gasteiger partial charge in [0.15, 0.2) is 0 Å². The summed E-state index contributed by atoms with van der Waals surface area (Å²) in [4.78, 5) is 12.2. The molecule has 2 fully saturated rings. The van der Waals surface area contributed by atoms with E-state index >= 15 is 0 Å². The predicted molar refractivity (Wildman–Crippen MR) is 74.4 cm³/mol. The van der Waals surface area contributed by atoms with E-state index in [0.29, 0.717) is 6.04 Å². The van der Waals surface area contributed by atoms with Gasteiger partial charge in [-0.1, -0.05) is 32.6 Å². The molecule has 104 valence electrons. The van der Waals surface area contributed by atoms with Gasteiger partial charge in [-0.2, -0.15) is 0 Å². The second-order valence-electron chi connectivity index (χ2n) is 6.17. The van der Waals surface area contributed by atoms with Crippen molar-refractivity contribution in [1.29, 1.82) is 0 Å². The predicted octanol–water partition coefficient (Wildman–Crippen LogP) is 2.60. The van der Waals surface area contributed by atoms with Crippen LogP contribution in [0.5, 0.6) is 0 Å². The lowest BCUT2D eigenvalue weighted by Crippen LogP contribution is -2.47. The second-order valence-corrected chi connectivity index (χ2v) is 6.17. The van der Waals surface area contributed by atoms with Crippen molar-refractivity contribution in [1.82, 2.24) is 10.6 Å². The minimum absolute atomic E-state index is 0.0631. The van der Waals surface area contributed by atoms with Gasteiger partial charge in [0.2, 0.25) is 5.91 Å². The molecule has 2 N–H and O–H groups in total. The topological polar surface area (TPSA) is 41.1 Å². The van der Waals surface area contributed by atoms with Gasteiger partial charge in [-0.25, -0.2) is 0 Å². The molecule has 1 aliphatic carbocycles. The zero-order valence-corrected chi connectivity index (χ0v) is 11.7. The number of nitrogens with one attached hydrogen (secondary N) is 2. The summed E-state index contributed by atoms with van der Waals surface area (Å²) in [6.45, 7) is 3.33. The van der Waals surface area contributed by atoms with Gasteiger partial charge in [0.05, 0.1) is 6.04 Å². The van der Waals surface area contributed by atoms with E-state index in [0.717, 1.165) is 18.9 Å². The van der Waals surface area contributed by atoms with Gasteiger partial charge in [0.25, 0.3) is 0 Å². The summed E-state index contributed by atoms with van der Waals surface area (Å²) in [5, 5.41) is 6.66. The molecule has 1 amide bonds. The minimum atomic E-state index is 0.0631. The Kier molecular flexibility index (Phi) is 5.48. The Morgan fingerprint density at radius 3 is 2.78 bits per heavy atom. The zero-order chi connectivity index (χ0) is 12.8. The lowest BCUT2D eigenvalue weighted by Gasteiger charge is -2.21. The molecule has 3 unspecified atom stereocenters. The highest BCUT2D eigenvalue weighted by atomic mass is 16.2.